The maximum Gasteiger partial charge on any atom is 0.311 e. The van der Waals surface area contributed by atoms with Crippen molar-refractivity contribution in [2.75, 3.05) is 6.61 Å². The van der Waals surface area contributed by atoms with Gasteiger partial charge in [-0.3, -0.25) is 9.78 Å². The molecule has 0 amide bonds. The fourth-order valence-electron chi connectivity index (χ4n) is 2.35. The van der Waals surface area contributed by atoms with E-state index in [1.807, 2.05) is 37.3 Å². The Labute approximate surface area is 118 Å². The van der Waals surface area contributed by atoms with Crippen molar-refractivity contribution < 1.29 is 14.6 Å². The molecule has 4 heteroatoms. The van der Waals surface area contributed by atoms with E-state index in [2.05, 4.69) is 4.98 Å². The monoisotopic (exact) mass is 273 g/mol. The van der Waals surface area contributed by atoms with E-state index in [4.69, 9.17) is 4.74 Å². The molecule has 0 saturated heterocycles. The van der Waals surface area contributed by atoms with E-state index in [9.17, 15) is 9.90 Å². The third-order valence-electron chi connectivity index (χ3n) is 3.39. The summed E-state index contributed by atoms with van der Waals surface area (Å²) in [7, 11) is 0. The number of fused-ring (bicyclic) bond motifs is 1. The summed E-state index contributed by atoms with van der Waals surface area (Å²) in [4.78, 5) is 16.2. The Morgan fingerprint density at radius 1 is 1.30 bits per heavy atom. The van der Waals surface area contributed by atoms with E-state index in [0.717, 1.165) is 10.9 Å². The van der Waals surface area contributed by atoms with Gasteiger partial charge in [-0.25, -0.2) is 0 Å². The molecule has 20 heavy (non-hydrogen) atoms. The SMILES string of the molecule is CCOC(=O)C(CC)C(O)c1cccc2cccnc12. The van der Waals surface area contributed by atoms with Crippen molar-refractivity contribution in [1.29, 1.82) is 0 Å². The van der Waals surface area contributed by atoms with Gasteiger partial charge in [0.05, 0.1) is 24.1 Å². The van der Waals surface area contributed by atoms with Gasteiger partial charge in [-0.2, -0.15) is 0 Å². The molecule has 2 atom stereocenters. The van der Waals surface area contributed by atoms with E-state index in [-0.39, 0.29) is 5.97 Å². The van der Waals surface area contributed by atoms with Crippen molar-refractivity contribution in [3.8, 4) is 0 Å². The van der Waals surface area contributed by atoms with E-state index >= 15 is 0 Å². The Morgan fingerprint density at radius 3 is 2.75 bits per heavy atom. The summed E-state index contributed by atoms with van der Waals surface area (Å²) in [5.74, 6) is -0.932. The second-order valence-corrected chi connectivity index (χ2v) is 4.63. The average molecular weight is 273 g/mol. The number of hydrogen-bond acceptors (Lipinski definition) is 4. The summed E-state index contributed by atoms with van der Waals surface area (Å²) in [6.45, 7) is 3.94. The predicted octanol–water partition coefficient (Wildman–Crippen LogP) is 2.86. The van der Waals surface area contributed by atoms with Crippen molar-refractivity contribution in [3.63, 3.8) is 0 Å². The minimum atomic E-state index is -0.905. The zero-order valence-electron chi connectivity index (χ0n) is 11.7. The number of aromatic nitrogens is 1. The lowest BCUT2D eigenvalue weighted by Gasteiger charge is -2.21. The molecule has 2 aromatic rings. The van der Waals surface area contributed by atoms with Gasteiger partial charge in [-0.05, 0) is 19.4 Å². The highest BCUT2D eigenvalue weighted by Gasteiger charge is 2.28. The zero-order chi connectivity index (χ0) is 14.5. The van der Waals surface area contributed by atoms with Crippen molar-refractivity contribution in [2.45, 2.75) is 26.4 Å². The van der Waals surface area contributed by atoms with Crippen LogP contribution in [-0.2, 0) is 9.53 Å². The summed E-state index contributed by atoms with van der Waals surface area (Å²) in [6, 6.07) is 9.39. The molecule has 0 aliphatic rings. The molecule has 1 aromatic heterocycles. The van der Waals surface area contributed by atoms with Crippen LogP contribution >= 0.6 is 0 Å². The molecule has 2 unspecified atom stereocenters. The lowest BCUT2D eigenvalue weighted by molar-refractivity contribution is -0.152. The smallest absolute Gasteiger partial charge is 0.311 e. The minimum Gasteiger partial charge on any atom is -0.466 e. The van der Waals surface area contributed by atoms with Gasteiger partial charge < -0.3 is 9.84 Å². The van der Waals surface area contributed by atoms with Crippen molar-refractivity contribution >= 4 is 16.9 Å². The van der Waals surface area contributed by atoms with Crippen LogP contribution in [0.3, 0.4) is 0 Å². The number of carbonyl (C=O) groups excluding carboxylic acids is 1. The summed E-state index contributed by atoms with van der Waals surface area (Å²) in [5, 5.41) is 11.5. The number of pyridine rings is 1. The second-order valence-electron chi connectivity index (χ2n) is 4.63. The molecule has 0 saturated carbocycles. The number of esters is 1. The molecule has 0 aliphatic heterocycles. The number of para-hydroxylation sites is 1. The van der Waals surface area contributed by atoms with Gasteiger partial charge in [0, 0.05) is 17.1 Å². The molecular formula is C16H19NO3. The molecule has 1 heterocycles. The summed E-state index contributed by atoms with van der Waals surface area (Å²) in [5.41, 5.74) is 1.40. The Balaban J connectivity index is 2.39. The molecule has 0 radical (unpaired) electrons. The standard InChI is InChI=1S/C16H19NO3/c1-3-12(16(19)20-4-2)15(18)13-9-5-7-11-8-6-10-17-14(11)13/h5-10,12,15,18H,3-4H2,1-2H3. The number of hydrogen-bond donors (Lipinski definition) is 1. The van der Waals surface area contributed by atoms with Gasteiger partial charge in [0.15, 0.2) is 0 Å². The first kappa shape index (κ1) is 14.5. The molecule has 0 spiro atoms. The quantitative estimate of drug-likeness (QED) is 0.851. The second kappa shape index (κ2) is 6.48. The number of rotatable bonds is 5. The third-order valence-corrected chi connectivity index (χ3v) is 3.39. The minimum absolute atomic E-state index is 0.315. The summed E-state index contributed by atoms with van der Waals surface area (Å²) < 4.78 is 5.03. The molecular weight excluding hydrogens is 254 g/mol. The van der Waals surface area contributed by atoms with Crippen LogP contribution in [0, 0.1) is 5.92 Å². The fourth-order valence-corrected chi connectivity index (χ4v) is 2.35. The van der Waals surface area contributed by atoms with E-state index in [1.165, 1.54) is 0 Å². The van der Waals surface area contributed by atoms with Crippen LogP contribution in [0.2, 0.25) is 0 Å². The van der Waals surface area contributed by atoms with E-state index in [1.54, 1.807) is 13.1 Å². The van der Waals surface area contributed by atoms with Crippen LogP contribution in [0.1, 0.15) is 31.9 Å². The van der Waals surface area contributed by atoms with Gasteiger partial charge >= 0.3 is 5.97 Å². The van der Waals surface area contributed by atoms with Crippen LogP contribution in [-0.4, -0.2) is 22.7 Å². The number of carbonyl (C=O) groups is 1. The van der Waals surface area contributed by atoms with E-state index in [0.29, 0.717) is 18.6 Å². The van der Waals surface area contributed by atoms with Crippen molar-refractivity contribution in [3.05, 3.63) is 42.1 Å². The topological polar surface area (TPSA) is 59.4 Å². The first-order chi connectivity index (χ1) is 9.69. The average Bonchev–Trinajstić information content (AvgIpc) is 2.47. The Hall–Kier alpha value is -1.94. The van der Waals surface area contributed by atoms with Gasteiger partial charge in [0.25, 0.3) is 0 Å². The van der Waals surface area contributed by atoms with Gasteiger partial charge in [-0.15, -0.1) is 0 Å². The number of aliphatic hydroxyl groups is 1. The highest BCUT2D eigenvalue weighted by molar-refractivity contribution is 5.83. The van der Waals surface area contributed by atoms with Crippen molar-refractivity contribution in [1.82, 2.24) is 4.98 Å². The first-order valence-electron chi connectivity index (χ1n) is 6.87. The van der Waals surface area contributed by atoms with Gasteiger partial charge in [-0.1, -0.05) is 31.2 Å². The largest absolute Gasteiger partial charge is 0.466 e. The van der Waals surface area contributed by atoms with Crippen molar-refractivity contribution in [2.24, 2.45) is 5.92 Å². The molecule has 0 fully saturated rings. The Kier molecular flexibility index (Phi) is 4.69. The summed E-state index contributed by atoms with van der Waals surface area (Å²) in [6.07, 6.45) is 1.30. The number of benzene rings is 1. The summed E-state index contributed by atoms with van der Waals surface area (Å²) >= 11 is 0. The maximum atomic E-state index is 11.9. The van der Waals surface area contributed by atoms with E-state index < -0.39 is 12.0 Å². The molecule has 2 rings (SSSR count). The zero-order valence-corrected chi connectivity index (χ0v) is 11.7. The predicted molar refractivity (Wildman–Crippen MR) is 77.1 cm³/mol. The van der Waals surface area contributed by atoms with Crippen LogP contribution in [0.25, 0.3) is 10.9 Å². The lowest BCUT2D eigenvalue weighted by atomic mass is 9.92. The molecule has 1 aromatic carbocycles. The third kappa shape index (κ3) is 2.80. The highest BCUT2D eigenvalue weighted by Crippen LogP contribution is 2.30. The molecule has 0 bridgehead atoms. The maximum absolute atomic E-state index is 11.9. The molecule has 0 aliphatic carbocycles. The first-order valence-corrected chi connectivity index (χ1v) is 6.87. The number of nitrogens with zero attached hydrogens (tertiary/aromatic N) is 1. The van der Waals surface area contributed by atoms with Crippen LogP contribution in [0.5, 0.6) is 0 Å². The van der Waals surface area contributed by atoms with Crippen LogP contribution < -0.4 is 0 Å². The fraction of sp³-hybridized carbons (Fsp3) is 0.375. The van der Waals surface area contributed by atoms with Crippen LogP contribution in [0.15, 0.2) is 36.5 Å². The Bertz CT molecular complexity index is 592. The molecule has 106 valence electrons. The van der Waals surface area contributed by atoms with Gasteiger partial charge in [0.2, 0.25) is 0 Å². The van der Waals surface area contributed by atoms with Gasteiger partial charge in [0.1, 0.15) is 0 Å². The molecule has 4 nitrogen and oxygen atoms in total. The lowest BCUT2D eigenvalue weighted by Crippen LogP contribution is -2.24. The van der Waals surface area contributed by atoms with Crippen LogP contribution in [0.4, 0.5) is 0 Å². The molecule has 1 N–H and O–H groups in total. The Morgan fingerprint density at radius 2 is 2.05 bits per heavy atom. The number of ether oxygens (including phenoxy) is 1. The number of aliphatic hydroxyl groups excluding tert-OH is 1. The highest BCUT2D eigenvalue weighted by atomic mass is 16.5. The normalized spacial score (nSPS) is 13.9.